The number of rotatable bonds is 14. The molecule has 30 heavy (non-hydrogen) atoms. The summed E-state index contributed by atoms with van der Waals surface area (Å²) in [6.07, 6.45) is -0.398. The number of hydrogen-bond acceptors (Lipinski definition) is 8. The van der Waals surface area contributed by atoms with E-state index >= 15 is 0 Å². The minimum Gasteiger partial charge on any atom is -0.481 e. The molecule has 4 unspecified atom stereocenters. The van der Waals surface area contributed by atoms with Crippen LogP contribution >= 0.6 is 12.6 Å². The number of aliphatic hydroxyl groups excluding tert-OH is 1. The molecule has 0 saturated carbocycles. The Kier molecular flexibility index (Phi) is 12.7. The second-order valence-electron chi connectivity index (χ2n) is 7.06. The highest BCUT2D eigenvalue weighted by Gasteiger charge is 2.30. The van der Waals surface area contributed by atoms with E-state index in [4.69, 9.17) is 15.9 Å². The average molecular weight is 451 g/mol. The van der Waals surface area contributed by atoms with Crippen LogP contribution in [0.5, 0.6) is 0 Å². The molecule has 0 aromatic carbocycles. The van der Waals surface area contributed by atoms with Gasteiger partial charge in [-0.25, -0.2) is 4.79 Å². The summed E-state index contributed by atoms with van der Waals surface area (Å²) in [5.41, 5.74) is 5.77. The Bertz CT molecular complexity index is 631. The summed E-state index contributed by atoms with van der Waals surface area (Å²) in [7, 11) is 0. The third-order valence-electron chi connectivity index (χ3n) is 3.95. The number of nitrogens with one attached hydrogen (secondary N) is 3. The van der Waals surface area contributed by atoms with E-state index < -0.39 is 66.9 Å². The summed E-state index contributed by atoms with van der Waals surface area (Å²) < 4.78 is 0. The van der Waals surface area contributed by atoms with E-state index in [0.29, 0.717) is 6.42 Å². The van der Waals surface area contributed by atoms with E-state index in [1.165, 1.54) is 0 Å². The van der Waals surface area contributed by atoms with Gasteiger partial charge in [-0.2, -0.15) is 12.6 Å². The minimum atomic E-state index is -1.52. The van der Waals surface area contributed by atoms with Crippen LogP contribution < -0.4 is 21.7 Å². The van der Waals surface area contributed by atoms with Crippen LogP contribution in [0.1, 0.15) is 33.1 Å². The highest BCUT2D eigenvalue weighted by molar-refractivity contribution is 7.80. The van der Waals surface area contributed by atoms with Gasteiger partial charge < -0.3 is 37.0 Å². The van der Waals surface area contributed by atoms with Gasteiger partial charge in [0.1, 0.15) is 18.1 Å². The Morgan fingerprint density at radius 3 is 1.83 bits per heavy atom. The van der Waals surface area contributed by atoms with Gasteiger partial charge in [0.15, 0.2) is 0 Å². The quantitative estimate of drug-likeness (QED) is 0.133. The van der Waals surface area contributed by atoms with Crippen LogP contribution in [0.15, 0.2) is 0 Å². The summed E-state index contributed by atoms with van der Waals surface area (Å²) in [6, 6.07) is -5.11. The highest BCUT2D eigenvalue weighted by Crippen LogP contribution is 2.05. The van der Waals surface area contributed by atoms with Crippen molar-refractivity contribution in [2.45, 2.75) is 57.3 Å². The van der Waals surface area contributed by atoms with Gasteiger partial charge in [-0.1, -0.05) is 13.8 Å². The molecule has 4 atom stereocenters. The maximum absolute atomic E-state index is 12.5. The number of amides is 3. The minimum absolute atomic E-state index is 0.105. The molecule has 0 aromatic rings. The fourth-order valence-corrected chi connectivity index (χ4v) is 2.60. The molecular weight excluding hydrogens is 420 g/mol. The molecule has 8 N–H and O–H groups in total. The average Bonchev–Trinajstić information content (AvgIpc) is 2.65. The number of aliphatic carboxylic acids is 2. The topological polar surface area (TPSA) is 208 Å². The fourth-order valence-electron chi connectivity index (χ4n) is 2.35. The predicted molar refractivity (Wildman–Crippen MR) is 109 cm³/mol. The lowest BCUT2D eigenvalue weighted by Crippen LogP contribution is -2.58. The SMILES string of the molecule is CC(C)CC(N)C(=O)NC(CCC(=O)O)C(=O)NC(CO)C(=O)NC(CS)C(=O)O. The number of carboxylic acids is 2. The van der Waals surface area contributed by atoms with Crippen LogP contribution in [0.25, 0.3) is 0 Å². The van der Waals surface area contributed by atoms with Crippen molar-refractivity contribution < 1.29 is 39.3 Å². The van der Waals surface area contributed by atoms with E-state index in [1.807, 2.05) is 13.8 Å². The van der Waals surface area contributed by atoms with Gasteiger partial charge >= 0.3 is 11.9 Å². The normalized spacial score (nSPS) is 14.9. The van der Waals surface area contributed by atoms with Crippen molar-refractivity contribution in [3.63, 3.8) is 0 Å². The number of hydrogen-bond donors (Lipinski definition) is 8. The van der Waals surface area contributed by atoms with Gasteiger partial charge in [0.2, 0.25) is 17.7 Å². The van der Waals surface area contributed by atoms with Crippen molar-refractivity contribution in [2.75, 3.05) is 12.4 Å². The van der Waals surface area contributed by atoms with Crippen molar-refractivity contribution in [1.29, 1.82) is 0 Å². The standard InChI is InChI=1S/C17H30N4O8S/c1-8(2)5-9(18)14(25)19-10(3-4-13(23)24)15(26)20-11(6-22)16(27)21-12(7-30)17(28)29/h8-12,22,30H,3-7,18H2,1-2H3,(H,19,25)(H,20,26)(H,21,27)(H,23,24)(H,28,29). The van der Waals surface area contributed by atoms with Gasteiger partial charge in [-0.15, -0.1) is 0 Å². The summed E-state index contributed by atoms with van der Waals surface area (Å²) in [6.45, 7) is 2.84. The number of aliphatic hydroxyl groups is 1. The van der Waals surface area contributed by atoms with Crippen LogP contribution in [0.4, 0.5) is 0 Å². The lowest BCUT2D eigenvalue weighted by Gasteiger charge is -2.24. The zero-order chi connectivity index (χ0) is 23.4. The largest absolute Gasteiger partial charge is 0.481 e. The van der Waals surface area contributed by atoms with E-state index in [1.54, 1.807) is 0 Å². The molecule has 0 radical (unpaired) electrons. The van der Waals surface area contributed by atoms with E-state index in [2.05, 4.69) is 28.6 Å². The third-order valence-corrected chi connectivity index (χ3v) is 4.32. The molecule has 12 nitrogen and oxygen atoms in total. The first-order valence-electron chi connectivity index (χ1n) is 9.25. The van der Waals surface area contributed by atoms with Crippen LogP contribution in [0.2, 0.25) is 0 Å². The molecule has 0 aliphatic carbocycles. The molecule has 0 fully saturated rings. The Hall–Kier alpha value is -2.38. The second-order valence-corrected chi connectivity index (χ2v) is 7.42. The molecule has 13 heteroatoms. The summed E-state index contributed by atoms with van der Waals surface area (Å²) in [5.74, 6) is -5.25. The van der Waals surface area contributed by atoms with Crippen LogP contribution in [-0.4, -0.2) is 81.5 Å². The molecule has 0 rings (SSSR count). The summed E-state index contributed by atoms with van der Waals surface area (Å²) in [4.78, 5) is 58.7. The van der Waals surface area contributed by atoms with Crippen molar-refractivity contribution in [3.05, 3.63) is 0 Å². The maximum atomic E-state index is 12.5. The van der Waals surface area contributed by atoms with Gasteiger partial charge in [0.05, 0.1) is 12.6 Å². The van der Waals surface area contributed by atoms with Gasteiger partial charge in [0.25, 0.3) is 0 Å². The Balaban J connectivity index is 5.22. The fraction of sp³-hybridized carbons (Fsp3) is 0.706. The number of thiol groups is 1. The first-order chi connectivity index (χ1) is 13.9. The van der Waals surface area contributed by atoms with E-state index in [9.17, 15) is 29.1 Å². The van der Waals surface area contributed by atoms with Crippen molar-refractivity contribution in [1.82, 2.24) is 16.0 Å². The molecule has 3 amide bonds. The summed E-state index contributed by atoms with van der Waals surface area (Å²) in [5, 5.41) is 33.8. The lowest BCUT2D eigenvalue weighted by molar-refractivity contribution is -0.142. The van der Waals surface area contributed by atoms with Crippen molar-refractivity contribution in [3.8, 4) is 0 Å². The first-order valence-corrected chi connectivity index (χ1v) is 9.89. The van der Waals surface area contributed by atoms with Crippen LogP contribution in [0.3, 0.4) is 0 Å². The van der Waals surface area contributed by atoms with Gasteiger partial charge in [-0.05, 0) is 18.8 Å². The molecule has 0 spiro atoms. The first kappa shape index (κ1) is 27.6. The van der Waals surface area contributed by atoms with Crippen molar-refractivity contribution >= 4 is 42.3 Å². The molecule has 0 bridgehead atoms. The van der Waals surface area contributed by atoms with Crippen molar-refractivity contribution in [2.24, 2.45) is 11.7 Å². The molecule has 172 valence electrons. The maximum Gasteiger partial charge on any atom is 0.327 e. The van der Waals surface area contributed by atoms with Gasteiger partial charge in [0, 0.05) is 12.2 Å². The number of carboxylic acid groups (broad SMARTS) is 2. The zero-order valence-corrected chi connectivity index (χ0v) is 17.7. The monoisotopic (exact) mass is 450 g/mol. The molecular formula is C17H30N4O8S. The Labute approximate surface area is 179 Å². The van der Waals surface area contributed by atoms with E-state index in [0.717, 1.165) is 0 Å². The van der Waals surface area contributed by atoms with Crippen LogP contribution in [-0.2, 0) is 24.0 Å². The highest BCUT2D eigenvalue weighted by atomic mass is 32.1. The predicted octanol–water partition coefficient (Wildman–Crippen LogP) is -2.31. The molecule has 0 heterocycles. The number of carbonyl (C=O) groups is 5. The molecule has 0 aliphatic heterocycles. The molecule has 0 aliphatic rings. The van der Waals surface area contributed by atoms with E-state index in [-0.39, 0.29) is 18.1 Å². The third kappa shape index (κ3) is 10.4. The Morgan fingerprint density at radius 1 is 0.900 bits per heavy atom. The lowest BCUT2D eigenvalue weighted by atomic mass is 10.0. The smallest absolute Gasteiger partial charge is 0.327 e. The molecule has 0 saturated heterocycles. The second kappa shape index (κ2) is 13.8. The van der Waals surface area contributed by atoms with Gasteiger partial charge in [-0.3, -0.25) is 19.2 Å². The number of carbonyl (C=O) groups excluding carboxylic acids is 3. The zero-order valence-electron chi connectivity index (χ0n) is 16.8. The molecule has 0 aromatic heterocycles. The number of nitrogens with two attached hydrogens (primary N) is 1. The van der Waals surface area contributed by atoms with Crippen LogP contribution in [0, 0.1) is 5.92 Å². The summed E-state index contributed by atoms with van der Waals surface area (Å²) >= 11 is 3.80. The Morgan fingerprint density at radius 2 is 1.40 bits per heavy atom.